The number of rotatable bonds is 23. The topological polar surface area (TPSA) is 26.3 Å². The molecule has 0 fully saturated rings. The molecule has 0 aromatic rings. The quantitative estimate of drug-likeness (QED) is 0.0616. The van der Waals surface area contributed by atoms with Gasteiger partial charge in [0.15, 0.2) is 0 Å². The predicted molar refractivity (Wildman–Crippen MR) is 126 cm³/mol. The Morgan fingerprint density at radius 3 is 1.02 bits per heavy atom. The van der Waals surface area contributed by atoms with Crippen molar-refractivity contribution in [3.05, 3.63) is 0 Å². The number of esters is 1. The molecule has 0 aromatic carbocycles. The highest BCUT2D eigenvalue weighted by Gasteiger charge is 2.94. The van der Waals surface area contributed by atoms with Crippen molar-refractivity contribution in [3.8, 4) is 0 Å². The van der Waals surface area contributed by atoms with E-state index in [0.717, 1.165) is 38.5 Å². The standard InChI is InChI=1S/C26H37F15O2/c1-2-3-4-5-6-7-8-9-10-11-12-13-14-15-16-17-18-43-19(42)20(27,28)21(29,30)22(31,32)23(33,34)24(35,36)25(37,38)26(39,40)41/h2-18H2,1H3. The average molecular weight is 667 g/mol. The van der Waals surface area contributed by atoms with Gasteiger partial charge in [-0.1, -0.05) is 103 Å². The Morgan fingerprint density at radius 2 is 0.698 bits per heavy atom. The Hall–Kier alpha value is -1.58. The minimum atomic E-state index is -8.43. The third-order valence-corrected chi connectivity index (χ3v) is 6.82. The lowest BCUT2D eigenvalue weighted by Gasteiger charge is -2.40. The largest absolute Gasteiger partial charge is 0.461 e. The van der Waals surface area contributed by atoms with Crippen molar-refractivity contribution in [2.45, 2.75) is 151 Å². The van der Waals surface area contributed by atoms with E-state index in [-0.39, 0.29) is 12.8 Å². The van der Waals surface area contributed by atoms with E-state index in [9.17, 15) is 70.7 Å². The second kappa shape index (κ2) is 16.6. The summed E-state index contributed by atoms with van der Waals surface area (Å²) in [6.07, 6.45) is 6.60. The first-order valence-electron chi connectivity index (χ1n) is 14.0. The molecule has 258 valence electrons. The van der Waals surface area contributed by atoms with Crippen LogP contribution in [-0.4, -0.2) is 54.3 Å². The number of hydrogen-bond donors (Lipinski definition) is 0. The lowest BCUT2D eigenvalue weighted by molar-refractivity contribution is -0.450. The lowest BCUT2D eigenvalue weighted by Crippen LogP contribution is -2.73. The van der Waals surface area contributed by atoms with Crippen molar-refractivity contribution in [2.24, 2.45) is 0 Å². The molecule has 0 amide bonds. The number of hydrogen-bond acceptors (Lipinski definition) is 2. The first-order chi connectivity index (χ1) is 19.5. The summed E-state index contributed by atoms with van der Waals surface area (Å²) in [5.74, 6) is -51.7. The van der Waals surface area contributed by atoms with Gasteiger partial charge in [-0.25, -0.2) is 4.79 Å². The Morgan fingerprint density at radius 1 is 0.419 bits per heavy atom. The Balaban J connectivity index is 4.67. The molecule has 2 nitrogen and oxygen atoms in total. The van der Waals surface area contributed by atoms with Gasteiger partial charge in [-0.3, -0.25) is 0 Å². The second-order valence-electron chi connectivity index (χ2n) is 10.4. The molecule has 0 spiro atoms. The maximum Gasteiger partial charge on any atom is 0.460 e. The lowest BCUT2D eigenvalue weighted by atomic mass is 9.91. The van der Waals surface area contributed by atoms with Crippen LogP contribution in [0.2, 0.25) is 0 Å². The molecule has 0 aliphatic heterocycles. The molecule has 0 bridgehead atoms. The minimum Gasteiger partial charge on any atom is -0.461 e. The number of carbonyl (C=O) groups is 1. The highest BCUT2D eigenvalue weighted by atomic mass is 19.4. The number of alkyl halides is 15. The van der Waals surface area contributed by atoms with Crippen LogP contribution in [0.1, 0.15) is 110 Å². The molecule has 0 saturated carbocycles. The van der Waals surface area contributed by atoms with Gasteiger partial charge in [-0.15, -0.1) is 0 Å². The van der Waals surface area contributed by atoms with Crippen molar-refractivity contribution in [1.82, 2.24) is 0 Å². The molecule has 0 N–H and O–H groups in total. The van der Waals surface area contributed by atoms with Crippen molar-refractivity contribution in [1.29, 1.82) is 0 Å². The van der Waals surface area contributed by atoms with Crippen molar-refractivity contribution >= 4 is 5.97 Å². The molecule has 0 unspecified atom stereocenters. The van der Waals surface area contributed by atoms with Crippen molar-refractivity contribution < 1.29 is 75.4 Å². The monoisotopic (exact) mass is 666 g/mol. The zero-order valence-electron chi connectivity index (χ0n) is 23.5. The molecule has 43 heavy (non-hydrogen) atoms. The number of halogens is 15. The van der Waals surface area contributed by atoms with Crippen molar-refractivity contribution in [2.75, 3.05) is 6.61 Å². The molecule has 0 rings (SSSR count). The molecule has 0 heterocycles. The Kier molecular flexibility index (Phi) is 16.0. The maximum absolute atomic E-state index is 13.8. The van der Waals surface area contributed by atoms with Crippen LogP contribution in [0.3, 0.4) is 0 Å². The third kappa shape index (κ3) is 9.95. The number of ether oxygens (including phenoxy) is 1. The van der Waals surface area contributed by atoms with Gasteiger partial charge in [-0.05, 0) is 6.42 Å². The van der Waals surface area contributed by atoms with E-state index in [1.54, 1.807) is 0 Å². The van der Waals surface area contributed by atoms with Gasteiger partial charge in [0, 0.05) is 0 Å². The third-order valence-electron chi connectivity index (χ3n) is 6.82. The van der Waals surface area contributed by atoms with Crippen LogP contribution in [0, 0.1) is 0 Å². The molecule has 0 aromatic heterocycles. The van der Waals surface area contributed by atoms with Gasteiger partial charge in [0.2, 0.25) is 0 Å². The van der Waals surface area contributed by atoms with Gasteiger partial charge in [0.1, 0.15) is 0 Å². The fourth-order valence-electron chi connectivity index (χ4n) is 4.00. The van der Waals surface area contributed by atoms with E-state index in [1.165, 1.54) is 38.5 Å². The highest BCUT2D eigenvalue weighted by Crippen LogP contribution is 2.62. The van der Waals surface area contributed by atoms with Gasteiger partial charge in [0.05, 0.1) is 6.61 Å². The number of carbonyl (C=O) groups excluding carboxylic acids is 1. The smallest absolute Gasteiger partial charge is 0.460 e. The zero-order chi connectivity index (χ0) is 33.8. The predicted octanol–water partition coefficient (Wildman–Crippen LogP) is 11.2. The van der Waals surface area contributed by atoms with Gasteiger partial charge >= 0.3 is 47.7 Å². The first kappa shape index (κ1) is 41.4. The van der Waals surface area contributed by atoms with E-state index in [1.807, 2.05) is 0 Å². The van der Waals surface area contributed by atoms with Crippen LogP contribution in [0.25, 0.3) is 0 Å². The van der Waals surface area contributed by atoms with Crippen LogP contribution in [0.4, 0.5) is 65.9 Å². The maximum atomic E-state index is 13.8. The molecule has 0 radical (unpaired) electrons. The molecule has 17 heteroatoms. The fourth-order valence-corrected chi connectivity index (χ4v) is 4.00. The van der Waals surface area contributed by atoms with Crippen LogP contribution in [0.5, 0.6) is 0 Å². The van der Waals surface area contributed by atoms with Gasteiger partial charge in [-0.2, -0.15) is 65.9 Å². The highest BCUT2D eigenvalue weighted by molar-refractivity contribution is 5.79. The molecular formula is C26H37F15O2. The first-order valence-corrected chi connectivity index (χ1v) is 14.0. The van der Waals surface area contributed by atoms with Crippen LogP contribution >= 0.6 is 0 Å². The van der Waals surface area contributed by atoms with Crippen LogP contribution in [-0.2, 0) is 9.53 Å². The molecule has 0 atom stereocenters. The van der Waals surface area contributed by atoms with Crippen LogP contribution in [0.15, 0.2) is 0 Å². The zero-order valence-corrected chi connectivity index (χ0v) is 23.5. The van der Waals surface area contributed by atoms with E-state index in [2.05, 4.69) is 11.7 Å². The van der Waals surface area contributed by atoms with Gasteiger partial charge in [0.25, 0.3) is 0 Å². The SMILES string of the molecule is CCCCCCCCCCCCCCCCCCOC(=O)C(F)(F)C(F)(F)C(F)(F)C(F)(F)C(F)(F)C(F)(F)C(F)(F)F. The second-order valence-corrected chi connectivity index (χ2v) is 10.4. The summed E-state index contributed by atoms with van der Waals surface area (Å²) < 4.78 is 201. The molecule has 0 aliphatic carbocycles. The normalized spacial score (nSPS) is 14.3. The molecular weight excluding hydrogens is 629 g/mol. The molecule has 0 saturated heterocycles. The summed E-state index contributed by atoms with van der Waals surface area (Å²) in [6, 6.07) is 0. The van der Waals surface area contributed by atoms with E-state index in [4.69, 9.17) is 0 Å². The van der Waals surface area contributed by atoms with E-state index < -0.39 is 54.3 Å². The summed E-state index contributed by atoms with van der Waals surface area (Å²) in [5, 5.41) is 0. The van der Waals surface area contributed by atoms with E-state index in [0.29, 0.717) is 12.8 Å². The summed E-state index contributed by atoms with van der Waals surface area (Å²) in [5.41, 5.74) is 0. The summed E-state index contributed by atoms with van der Waals surface area (Å²) in [7, 11) is 0. The minimum absolute atomic E-state index is 0.167. The van der Waals surface area contributed by atoms with Crippen LogP contribution < -0.4 is 0 Å². The Bertz CT molecular complexity index is 811. The fraction of sp³-hybridized carbons (Fsp3) is 0.962. The summed E-state index contributed by atoms with van der Waals surface area (Å²) in [4.78, 5) is 11.3. The van der Waals surface area contributed by atoms with E-state index >= 15 is 0 Å². The van der Waals surface area contributed by atoms with Crippen molar-refractivity contribution in [3.63, 3.8) is 0 Å². The number of unbranched alkanes of at least 4 members (excludes halogenated alkanes) is 15. The Labute approximate surface area is 240 Å². The summed E-state index contributed by atoms with van der Waals surface area (Å²) in [6.45, 7) is 1.03. The molecule has 0 aliphatic rings. The summed E-state index contributed by atoms with van der Waals surface area (Å²) >= 11 is 0. The average Bonchev–Trinajstić information content (AvgIpc) is 2.88. The van der Waals surface area contributed by atoms with Gasteiger partial charge < -0.3 is 4.74 Å².